The van der Waals surface area contributed by atoms with Gasteiger partial charge in [-0.15, -0.1) is 0 Å². The second-order valence-corrected chi connectivity index (χ2v) is 7.86. The van der Waals surface area contributed by atoms with Gasteiger partial charge >= 0.3 is 0 Å². The van der Waals surface area contributed by atoms with E-state index in [0.29, 0.717) is 23.5 Å². The SMILES string of the molecule is CCNC(=NCCN(C)CCCOC)NC1C2CCOC2C12CCC2. The van der Waals surface area contributed by atoms with Crippen molar-refractivity contribution in [3.05, 3.63) is 0 Å². The molecule has 1 heterocycles. The highest BCUT2D eigenvalue weighted by Gasteiger charge is 2.66. The number of nitrogens with zero attached hydrogens (tertiary/aromatic N) is 2. The fourth-order valence-corrected chi connectivity index (χ4v) is 4.85. The van der Waals surface area contributed by atoms with E-state index >= 15 is 0 Å². The lowest BCUT2D eigenvalue weighted by Gasteiger charge is -2.63. The van der Waals surface area contributed by atoms with Gasteiger partial charge in [0.1, 0.15) is 0 Å². The van der Waals surface area contributed by atoms with Gasteiger partial charge < -0.3 is 25.0 Å². The Balaban J connectivity index is 1.49. The molecule has 0 aromatic heterocycles. The maximum atomic E-state index is 6.02. The number of rotatable bonds is 9. The molecule has 2 aliphatic carbocycles. The monoisotopic (exact) mass is 352 g/mol. The normalized spacial score (nSPS) is 30.1. The van der Waals surface area contributed by atoms with Crippen LogP contribution in [0, 0.1) is 11.3 Å². The Morgan fingerprint density at radius 3 is 2.88 bits per heavy atom. The summed E-state index contributed by atoms with van der Waals surface area (Å²) in [6.07, 6.45) is 6.76. The first-order valence-electron chi connectivity index (χ1n) is 10.0. The van der Waals surface area contributed by atoms with E-state index < -0.39 is 0 Å². The van der Waals surface area contributed by atoms with Crippen molar-refractivity contribution in [3.63, 3.8) is 0 Å². The Morgan fingerprint density at radius 2 is 2.20 bits per heavy atom. The van der Waals surface area contributed by atoms with Gasteiger partial charge in [-0.3, -0.25) is 4.99 Å². The molecular formula is C19H36N4O2. The number of ether oxygens (including phenoxy) is 2. The molecule has 144 valence electrons. The number of aliphatic imine (C=N–C) groups is 1. The van der Waals surface area contributed by atoms with Gasteiger partial charge in [-0.1, -0.05) is 6.42 Å². The van der Waals surface area contributed by atoms with E-state index in [9.17, 15) is 0 Å². The van der Waals surface area contributed by atoms with Crippen LogP contribution in [-0.2, 0) is 9.47 Å². The van der Waals surface area contributed by atoms with E-state index in [2.05, 4.69) is 29.5 Å². The third-order valence-electron chi connectivity index (χ3n) is 6.31. The molecule has 2 N–H and O–H groups in total. The molecule has 3 unspecified atom stereocenters. The number of methoxy groups -OCH3 is 1. The van der Waals surface area contributed by atoms with E-state index in [-0.39, 0.29) is 0 Å². The minimum Gasteiger partial charge on any atom is -0.385 e. The fourth-order valence-electron chi connectivity index (χ4n) is 4.85. The van der Waals surface area contributed by atoms with Gasteiger partial charge in [0, 0.05) is 57.3 Å². The average Bonchev–Trinajstić information content (AvgIpc) is 2.96. The average molecular weight is 353 g/mol. The Morgan fingerprint density at radius 1 is 1.36 bits per heavy atom. The van der Waals surface area contributed by atoms with Crippen molar-refractivity contribution in [3.8, 4) is 0 Å². The predicted molar refractivity (Wildman–Crippen MR) is 101 cm³/mol. The van der Waals surface area contributed by atoms with Gasteiger partial charge in [-0.25, -0.2) is 0 Å². The number of hydrogen-bond acceptors (Lipinski definition) is 4. The first kappa shape index (κ1) is 18.9. The zero-order valence-corrected chi connectivity index (χ0v) is 16.2. The van der Waals surface area contributed by atoms with Gasteiger partial charge in [-0.05, 0) is 39.7 Å². The van der Waals surface area contributed by atoms with Crippen LogP contribution in [0.3, 0.4) is 0 Å². The Hall–Kier alpha value is -0.850. The van der Waals surface area contributed by atoms with Crippen LogP contribution in [0.5, 0.6) is 0 Å². The molecule has 3 atom stereocenters. The summed E-state index contributed by atoms with van der Waals surface area (Å²) < 4.78 is 11.1. The van der Waals surface area contributed by atoms with Crippen molar-refractivity contribution < 1.29 is 9.47 Å². The van der Waals surface area contributed by atoms with Crippen LogP contribution in [0.1, 0.15) is 39.0 Å². The summed E-state index contributed by atoms with van der Waals surface area (Å²) >= 11 is 0. The minimum atomic E-state index is 0.397. The summed E-state index contributed by atoms with van der Waals surface area (Å²) in [6, 6.07) is 0.547. The number of nitrogens with one attached hydrogen (secondary N) is 2. The van der Waals surface area contributed by atoms with Crippen molar-refractivity contribution in [2.45, 2.75) is 51.2 Å². The third kappa shape index (κ3) is 3.96. The van der Waals surface area contributed by atoms with Crippen LogP contribution < -0.4 is 10.6 Å². The first-order chi connectivity index (χ1) is 12.2. The Bertz CT molecular complexity index is 453. The lowest BCUT2D eigenvalue weighted by Crippen LogP contribution is -2.72. The molecule has 1 aliphatic heterocycles. The van der Waals surface area contributed by atoms with Crippen LogP contribution in [0.2, 0.25) is 0 Å². The summed E-state index contributed by atoms with van der Waals surface area (Å²) in [5.74, 6) is 1.66. The molecule has 2 saturated carbocycles. The van der Waals surface area contributed by atoms with Crippen molar-refractivity contribution in [2.24, 2.45) is 16.3 Å². The van der Waals surface area contributed by atoms with Crippen molar-refractivity contribution in [2.75, 3.05) is 53.6 Å². The Labute approximate surface area is 152 Å². The van der Waals surface area contributed by atoms with Gasteiger partial charge in [0.25, 0.3) is 0 Å². The quantitative estimate of drug-likeness (QED) is 0.374. The first-order valence-corrected chi connectivity index (χ1v) is 10.0. The van der Waals surface area contributed by atoms with E-state index in [0.717, 1.165) is 51.8 Å². The molecule has 25 heavy (non-hydrogen) atoms. The van der Waals surface area contributed by atoms with Gasteiger partial charge in [0.05, 0.1) is 12.6 Å². The van der Waals surface area contributed by atoms with E-state index in [1.165, 1.54) is 25.7 Å². The maximum absolute atomic E-state index is 6.02. The molecular weight excluding hydrogens is 316 g/mol. The number of hydrogen-bond donors (Lipinski definition) is 2. The van der Waals surface area contributed by atoms with Gasteiger partial charge in [0.15, 0.2) is 5.96 Å². The molecule has 0 bridgehead atoms. The van der Waals surface area contributed by atoms with Gasteiger partial charge in [-0.2, -0.15) is 0 Å². The second-order valence-electron chi connectivity index (χ2n) is 7.86. The van der Waals surface area contributed by atoms with Crippen LogP contribution in [-0.4, -0.2) is 76.6 Å². The van der Waals surface area contributed by atoms with Crippen LogP contribution >= 0.6 is 0 Å². The highest BCUT2D eigenvalue weighted by molar-refractivity contribution is 5.80. The molecule has 6 nitrogen and oxygen atoms in total. The zero-order chi connectivity index (χ0) is 17.7. The lowest BCUT2D eigenvalue weighted by molar-refractivity contribution is -0.171. The molecule has 3 rings (SSSR count). The minimum absolute atomic E-state index is 0.397. The molecule has 3 fully saturated rings. The molecule has 1 spiro atoms. The number of guanidine groups is 1. The molecule has 0 radical (unpaired) electrons. The number of likely N-dealkylation sites (N-methyl/N-ethyl adjacent to an activating group) is 1. The fraction of sp³-hybridized carbons (Fsp3) is 0.947. The zero-order valence-electron chi connectivity index (χ0n) is 16.2. The summed E-state index contributed by atoms with van der Waals surface area (Å²) in [7, 11) is 3.91. The van der Waals surface area contributed by atoms with Crippen molar-refractivity contribution in [1.82, 2.24) is 15.5 Å². The molecule has 1 saturated heterocycles. The highest BCUT2D eigenvalue weighted by Crippen LogP contribution is 2.62. The standard InChI is InChI=1S/C19H36N4O2/c1-4-20-18(21-10-12-23(2)11-6-13-24-3)22-16-15-7-14-25-17(15)19(16)8-5-9-19/h15-17H,4-14H2,1-3H3,(H2,20,21,22). The largest absolute Gasteiger partial charge is 0.385 e. The van der Waals surface area contributed by atoms with Gasteiger partial charge in [0.2, 0.25) is 0 Å². The van der Waals surface area contributed by atoms with Crippen molar-refractivity contribution >= 4 is 5.96 Å². The van der Waals surface area contributed by atoms with E-state index in [1.807, 2.05) is 0 Å². The molecule has 6 heteroatoms. The predicted octanol–water partition coefficient (Wildman–Crippen LogP) is 1.47. The summed E-state index contributed by atoms with van der Waals surface area (Å²) in [4.78, 5) is 7.15. The van der Waals surface area contributed by atoms with Crippen LogP contribution in [0.25, 0.3) is 0 Å². The summed E-state index contributed by atoms with van der Waals surface area (Å²) in [5, 5.41) is 7.20. The second kappa shape index (κ2) is 8.69. The summed E-state index contributed by atoms with van der Waals surface area (Å²) in [5.41, 5.74) is 0.397. The van der Waals surface area contributed by atoms with Crippen LogP contribution in [0.4, 0.5) is 0 Å². The molecule has 0 aromatic carbocycles. The highest BCUT2D eigenvalue weighted by atomic mass is 16.5. The van der Waals surface area contributed by atoms with Crippen LogP contribution in [0.15, 0.2) is 4.99 Å². The smallest absolute Gasteiger partial charge is 0.191 e. The van der Waals surface area contributed by atoms with E-state index in [4.69, 9.17) is 14.5 Å². The molecule has 0 aromatic rings. The number of fused-ring (bicyclic) bond motifs is 2. The van der Waals surface area contributed by atoms with Crippen molar-refractivity contribution in [1.29, 1.82) is 0 Å². The third-order valence-corrected chi connectivity index (χ3v) is 6.31. The maximum Gasteiger partial charge on any atom is 0.191 e. The van der Waals surface area contributed by atoms with E-state index in [1.54, 1.807) is 7.11 Å². The topological polar surface area (TPSA) is 58.1 Å². The summed E-state index contributed by atoms with van der Waals surface area (Å²) in [6.45, 7) is 7.66. The Kier molecular flexibility index (Phi) is 6.58. The molecule has 3 aliphatic rings. The molecule has 0 amide bonds. The lowest BCUT2D eigenvalue weighted by atomic mass is 9.46.